The largest absolute Gasteiger partial charge is 0.462 e. The summed E-state index contributed by atoms with van der Waals surface area (Å²) < 4.78 is 32.0. The minimum atomic E-state index is -3.69. The van der Waals surface area contributed by atoms with Crippen molar-refractivity contribution in [2.24, 2.45) is 0 Å². The quantitative estimate of drug-likeness (QED) is 0.587. The lowest BCUT2D eigenvalue weighted by Gasteiger charge is -2.26. The average Bonchev–Trinajstić information content (AvgIpc) is 2.59. The maximum atomic E-state index is 12.8. The van der Waals surface area contributed by atoms with Crippen LogP contribution in [0.1, 0.15) is 42.5 Å². The van der Waals surface area contributed by atoms with E-state index in [4.69, 9.17) is 10.00 Å². The summed E-state index contributed by atoms with van der Waals surface area (Å²) in [5.41, 5.74) is 0.0510. The summed E-state index contributed by atoms with van der Waals surface area (Å²) in [6, 6.07) is 8.08. The first-order chi connectivity index (χ1) is 11.1. The first-order valence-corrected chi connectivity index (χ1v) is 9.14. The zero-order chi connectivity index (χ0) is 16.7. The summed E-state index contributed by atoms with van der Waals surface area (Å²) in [6.45, 7) is 1.06. The highest BCUT2D eigenvalue weighted by Crippen LogP contribution is 2.24. The van der Waals surface area contributed by atoms with Crippen LogP contribution < -0.4 is 0 Å². The normalized spacial score (nSPS) is 15.8. The number of hydrogen-bond donors (Lipinski definition) is 0. The van der Waals surface area contributed by atoms with E-state index in [0.717, 1.165) is 19.3 Å². The molecule has 0 amide bonds. The predicted octanol–water partition coefficient (Wildman–Crippen LogP) is 2.32. The van der Waals surface area contributed by atoms with Gasteiger partial charge in [-0.1, -0.05) is 18.6 Å². The molecule has 0 radical (unpaired) electrons. The van der Waals surface area contributed by atoms with Crippen LogP contribution >= 0.6 is 0 Å². The molecule has 0 atom stereocenters. The third-order valence-electron chi connectivity index (χ3n) is 3.71. The van der Waals surface area contributed by atoms with E-state index in [0.29, 0.717) is 25.9 Å². The van der Waals surface area contributed by atoms with Crippen LogP contribution in [0.4, 0.5) is 0 Å². The number of nitrogens with zero attached hydrogens (tertiary/aromatic N) is 2. The second-order valence-corrected chi connectivity index (χ2v) is 7.26. The van der Waals surface area contributed by atoms with Crippen LogP contribution in [0.15, 0.2) is 29.2 Å². The van der Waals surface area contributed by atoms with Crippen molar-refractivity contribution in [3.8, 4) is 6.07 Å². The van der Waals surface area contributed by atoms with Crippen LogP contribution in [0.2, 0.25) is 0 Å². The fourth-order valence-electron chi connectivity index (χ4n) is 2.50. The Morgan fingerprint density at radius 2 is 1.91 bits per heavy atom. The van der Waals surface area contributed by atoms with Gasteiger partial charge in [0.1, 0.15) is 0 Å². The van der Waals surface area contributed by atoms with Gasteiger partial charge in [-0.25, -0.2) is 13.2 Å². The SMILES string of the molecule is N#CCCCOC(=O)c1ccccc1S(=O)(=O)N1CCCCC1. The minimum Gasteiger partial charge on any atom is -0.462 e. The minimum absolute atomic E-state index is 0.00724. The van der Waals surface area contributed by atoms with Crippen LogP contribution in [0.5, 0.6) is 0 Å². The number of benzene rings is 1. The molecule has 0 saturated carbocycles. The molecule has 0 bridgehead atoms. The maximum absolute atomic E-state index is 12.8. The van der Waals surface area contributed by atoms with E-state index in [1.54, 1.807) is 12.1 Å². The maximum Gasteiger partial charge on any atom is 0.339 e. The van der Waals surface area contributed by atoms with E-state index in [-0.39, 0.29) is 17.1 Å². The van der Waals surface area contributed by atoms with Crippen molar-refractivity contribution in [1.82, 2.24) is 4.31 Å². The molecule has 1 heterocycles. The molecular formula is C16H20N2O4S. The Hall–Kier alpha value is -1.91. The predicted molar refractivity (Wildman–Crippen MR) is 84.2 cm³/mol. The number of hydrogen-bond acceptors (Lipinski definition) is 5. The van der Waals surface area contributed by atoms with Crippen LogP contribution in [-0.2, 0) is 14.8 Å². The van der Waals surface area contributed by atoms with Crippen LogP contribution in [0, 0.1) is 11.3 Å². The van der Waals surface area contributed by atoms with Gasteiger partial charge in [0.05, 0.1) is 23.1 Å². The van der Waals surface area contributed by atoms with E-state index >= 15 is 0 Å². The van der Waals surface area contributed by atoms with Crippen molar-refractivity contribution >= 4 is 16.0 Å². The van der Waals surface area contributed by atoms with E-state index in [2.05, 4.69) is 0 Å². The van der Waals surface area contributed by atoms with Gasteiger partial charge in [-0.05, 0) is 31.4 Å². The Morgan fingerprint density at radius 1 is 1.22 bits per heavy atom. The van der Waals surface area contributed by atoms with Gasteiger partial charge in [-0.15, -0.1) is 0 Å². The molecule has 1 aliphatic heterocycles. The van der Waals surface area contributed by atoms with Gasteiger partial charge >= 0.3 is 5.97 Å². The summed E-state index contributed by atoms with van der Waals surface area (Å²) in [4.78, 5) is 12.2. The molecule has 1 fully saturated rings. The number of piperidine rings is 1. The number of sulfonamides is 1. The Kier molecular flexibility index (Phi) is 6.13. The Bertz CT molecular complexity index is 688. The number of ether oxygens (including phenoxy) is 1. The number of carbonyl (C=O) groups is 1. The first-order valence-electron chi connectivity index (χ1n) is 7.70. The molecule has 2 rings (SSSR count). The molecule has 1 saturated heterocycles. The highest BCUT2D eigenvalue weighted by Gasteiger charge is 2.30. The lowest BCUT2D eigenvalue weighted by atomic mass is 10.2. The molecule has 124 valence electrons. The molecule has 0 aliphatic carbocycles. The molecule has 0 unspecified atom stereocenters. The molecule has 0 aromatic heterocycles. The second-order valence-electron chi connectivity index (χ2n) is 5.36. The highest BCUT2D eigenvalue weighted by molar-refractivity contribution is 7.89. The first kappa shape index (κ1) is 17.4. The number of esters is 1. The third kappa shape index (κ3) is 4.30. The summed E-state index contributed by atoms with van der Waals surface area (Å²) >= 11 is 0. The van der Waals surface area contributed by atoms with Crippen molar-refractivity contribution in [3.05, 3.63) is 29.8 Å². The van der Waals surface area contributed by atoms with E-state index < -0.39 is 16.0 Å². The molecule has 23 heavy (non-hydrogen) atoms. The smallest absolute Gasteiger partial charge is 0.339 e. The molecule has 1 aromatic carbocycles. The molecule has 1 aliphatic rings. The standard InChI is InChI=1S/C16H20N2O4S/c17-10-4-7-13-22-16(19)14-8-2-3-9-15(14)23(20,21)18-11-5-1-6-12-18/h2-3,8-9H,1,4-7,11-13H2. The van der Waals surface area contributed by atoms with Gasteiger partial charge in [0.2, 0.25) is 10.0 Å². The number of carbonyl (C=O) groups excluding carboxylic acids is 1. The van der Waals surface area contributed by atoms with Gasteiger partial charge in [-0.3, -0.25) is 0 Å². The molecule has 1 aromatic rings. The fourth-order valence-corrected chi connectivity index (χ4v) is 4.20. The summed E-state index contributed by atoms with van der Waals surface area (Å²) in [5.74, 6) is -0.667. The van der Waals surface area contributed by atoms with Crippen LogP contribution in [0.25, 0.3) is 0 Å². The van der Waals surface area contributed by atoms with E-state index in [1.165, 1.54) is 16.4 Å². The summed E-state index contributed by atoms with van der Waals surface area (Å²) in [5, 5.41) is 8.47. The number of nitriles is 1. The van der Waals surface area contributed by atoms with Crippen molar-refractivity contribution < 1.29 is 17.9 Å². The third-order valence-corrected chi connectivity index (χ3v) is 5.66. The van der Waals surface area contributed by atoms with Gasteiger partial charge in [0, 0.05) is 19.5 Å². The number of unbranched alkanes of at least 4 members (excludes halogenated alkanes) is 1. The van der Waals surface area contributed by atoms with Crippen LogP contribution in [-0.4, -0.2) is 38.4 Å². The van der Waals surface area contributed by atoms with Crippen molar-refractivity contribution in [2.75, 3.05) is 19.7 Å². The molecule has 7 heteroatoms. The zero-order valence-electron chi connectivity index (χ0n) is 12.9. The van der Waals surface area contributed by atoms with Gasteiger partial charge in [0.25, 0.3) is 0 Å². The number of rotatable bonds is 6. The van der Waals surface area contributed by atoms with Crippen molar-refractivity contribution in [2.45, 2.75) is 37.0 Å². The van der Waals surface area contributed by atoms with Gasteiger partial charge in [-0.2, -0.15) is 9.57 Å². The van der Waals surface area contributed by atoms with Crippen molar-refractivity contribution in [3.63, 3.8) is 0 Å². The monoisotopic (exact) mass is 336 g/mol. The average molecular weight is 336 g/mol. The van der Waals surface area contributed by atoms with Crippen LogP contribution in [0.3, 0.4) is 0 Å². The highest BCUT2D eigenvalue weighted by atomic mass is 32.2. The van der Waals surface area contributed by atoms with E-state index in [1.807, 2.05) is 6.07 Å². The van der Waals surface area contributed by atoms with Gasteiger partial charge < -0.3 is 4.74 Å². The topological polar surface area (TPSA) is 87.5 Å². The lowest BCUT2D eigenvalue weighted by Crippen LogP contribution is -2.36. The zero-order valence-corrected chi connectivity index (χ0v) is 13.7. The Morgan fingerprint density at radius 3 is 2.61 bits per heavy atom. The van der Waals surface area contributed by atoms with E-state index in [9.17, 15) is 13.2 Å². The second kappa shape index (κ2) is 8.09. The Balaban J connectivity index is 2.19. The molecule has 0 spiro atoms. The fraction of sp³-hybridized carbons (Fsp3) is 0.500. The summed E-state index contributed by atoms with van der Waals surface area (Å²) in [7, 11) is -3.69. The van der Waals surface area contributed by atoms with Crippen molar-refractivity contribution in [1.29, 1.82) is 5.26 Å². The molecular weight excluding hydrogens is 316 g/mol. The molecule has 6 nitrogen and oxygen atoms in total. The summed E-state index contributed by atoms with van der Waals surface area (Å²) in [6.07, 6.45) is 3.42. The lowest BCUT2D eigenvalue weighted by molar-refractivity contribution is 0.0497. The molecule has 0 N–H and O–H groups in total. The Labute approximate surface area is 136 Å². The van der Waals surface area contributed by atoms with Gasteiger partial charge in [0.15, 0.2) is 0 Å².